The van der Waals surface area contributed by atoms with Crippen LogP contribution >= 0.6 is 31.9 Å². The fourth-order valence-electron chi connectivity index (χ4n) is 4.99. The number of amides is 1. The van der Waals surface area contributed by atoms with Gasteiger partial charge < -0.3 is 4.98 Å². The van der Waals surface area contributed by atoms with Gasteiger partial charge in [-0.3, -0.25) is 9.59 Å². The van der Waals surface area contributed by atoms with Crippen LogP contribution in [-0.4, -0.2) is 21.6 Å². The summed E-state index contributed by atoms with van der Waals surface area (Å²) in [7, 11) is 0. The fourth-order valence-corrected chi connectivity index (χ4v) is 5.80. The first kappa shape index (κ1) is 24.5. The molecule has 7 heteroatoms. The predicted octanol–water partition coefficient (Wildman–Crippen LogP) is 7.71. The Morgan fingerprint density at radius 2 is 1.53 bits per heavy atom. The average Bonchev–Trinajstić information content (AvgIpc) is 3.38. The normalized spacial score (nSPS) is 15.1. The molecule has 0 bridgehead atoms. The largest absolute Gasteiger partial charge is 0.321 e. The molecule has 0 spiro atoms. The quantitative estimate of drug-likeness (QED) is 0.222. The molecule has 5 aromatic rings. The van der Waals surface area contributed by atoms with Crippen LogP contribution in [0, 0.1) is 0 Å². The van der Waals surface area contributed by atoms with Gasteiger partial charge in [0.05, 0.1) is 22.9 Å². The van der Waals surface area contributed by atoms with Crippen molar-refractivity contribution in [3.05, 3.63) is 139 Å². The van der Waals surface area contributed by atoms with Gasteiger partial charge in [-0.25, -0.2) is 5.01 Å². The van der Waals surface area contributed by atoms with Crippen LogP contribution in [0.15, 0.2) is 122 Å². The number of carbonyl (C=O) groups is 1. The van der Waals surface area contributed by atoms with Crippen LogP contribution in [-0.2, 0) is 0 Å². The Hall–Kier alpha value is -3.81. The van der Waals surface area contributed by atoms with Crippen LogP contribution in [0.1, 0.15) is 33.9 Å². The van der Waals surface area contributed by atoms with Crippen molar-refractivity contribution >= 4 is 54.4 Å². The van der Waals surface area contributed by atoms with E-state index in [1.165, 1.54) is 5.01 Å². The number of aromatic amines is 1. The van der Waals surface area contributed by atoms with Crippen LogP contribution in [0.4, 0.5) is 0 Å². The monoisotopic (exact) mass is 625 g/mol. The lowest BCUT2D eigenvalue weighted by Gasteiger charge is -2.22. The minimum absolute atomic E-state index is 0.234. The van der Waals surface area contributed by atoms with Crippen LogP contribution < -0.4 is 5.56 Å². The van der Waals surface area contributed by atoms with E-state index in [0.29, 0.717) is 27.7 Å². The highest BCUT2D eigenvalue weighted by Gasteiger charge is 2.36. The van der Waals surface area contributed by atoms with Crippen LogP contribution in [0.5, 0.6) is 0 Å². The Kier molecular flexibility index (Phi) is 6.55. The Labute approximate surface area is 236 Å². The van der Waals surface area contributed by atoms with Gasteiger partial charge in [0, 0.05) is 31.8 Å². The molecule has 2 heterocycles. The number of nitrogens with one attached hydrogen (secondary N) is 1. The van der Waals surface area contributed by atoms with E-state index in [2.05, 4.69) is 36.8 Å². The summed E-state index contributed by atoms with van der Waals surface area (Å²) >= 11 is 7.10. The van der Waals surface area contributed by atoms with Crippen LogP contribution in [0.3, 0.4) is 0 Å². The van der Waals surface area contributed by atoms with Gasteiger partial charge in [0.25, 0.3) is 11.5 Å². The van der Waals surface area contributed by atoms with Crippen molar-refractivity contribution in [2.75, 3.05) is 0 Å². The summed E-state index contributed by atoms with van der Waals surface area (Å²) in [5.41, 5.74) is 4.72. The van der Waals surface area contributed by atoms with E-state index in [1.807, 2.05) is 97.1 Å². The molecule has 0 fully saturated rings. The van der Waals surface area contributed by atoms with Crippen molar-refractivity contribution in [3.8, 4) is 11.1 Å². The molecule has 1 atom stereocenters. The van der Waals surface area contributed by atoms with Gasteiger partial charge in [0.15, 0.2) is 0 Å². The summed E-state index contributed by atoms with van der Waals surface area (Å²) in [6.07, 6.45) is 0.405. The number of hydrogen-bond acceptors (Lipinski definition) is 3. The number of hydrogen-bond donors (Lipinski definition) is 1. The molecule has 1 aliphatic rings. The number of nitrogens with zero attached hydrogens (tertiary/aromatic N) is 2. The Morgan fingerprint density at radius 3 is 2.26 bits per heavy atom. The number of carbonyl (C=O) groups excluding carboxylic acids is 1. The van der Waals surface area contributed by atoms with Crippen molar-refractivity contribution in [1.82, 2.24) is 9.99 Å². The number of pyridine rings is 1. The number of fused-ring (bicyclic) bond motifs is 1. The molecule has 5 nitrogen and oxygen atoms in total. The van der Waals surface area contributed by atoms with Gasteiger partial charge in [-0.2, -0.15) is 5.10 Å². The average molecular weight is 627 g/mol. The van der Waals surface area contributed by atoms with Crippen molar-refractivity contribution in [1.29, 1.82) is 0 Å². The maximum absolute atomic E-state index is 13.8. The van der Waals surface area contributed by atoms with E-state index in [1.54, 1.807) is 6.07 Å². The first-order valence-electron chi connectivity index (χ1n) is 12.1. The Bertz CT molecular complexity index is 1770. The molecular formula is C31H21Br2N3O2. The fraction of sp³-hybridized carbons (Fsp3) is 0.0645. The minimum Gasteiger partial charge on any atom is -0.321 e. The van der Waals surface area contributed by atoms with Crippen molar-refractivity contribution in [2.24, 2.45) is 5.10 Å². The van der Waals surface area contributed by atoms with Gasteiger partial charge in [0.2, 0.25) is 0 Å². The molecule has 6 rings (SSSR count). The second-order valence-corrected chi connectivity index (χ2v) is 10.8. The minimum atomic E-state index is -0.355. The number of H-pyrrole nitrogens is 1. The zero-order chi connectivity index (χ0) is 26.2. The highest BCUT2D eigenvalue weighted by Crippen LogP contribution is 2.38. The number of rotatable bonds is 4. The molecular weight excluding hydrogens is 606 g/mol. The topological polar surface area (TPSA) is 65.5 Å². The number of hydrazone groups is 1. The Balaban J connectivity index is 1.58. The third-order valence-corrected chi connectivity index (χ3v) is 7.92. The summed E-state index contributed by atoms with van der Waals surface area (Å²) in [5, 5.41) is 7.27. The lowest BCUT2D eigenvalue weighted by Crippen LogP contribution is -2.27. The molecule has 1 amide bonds. The second-order valence-electron chi connectivity index (χ2n) is 9.07. The zero-order valence-electron chi connectivity index (χ0n) is 20.1. The molecule has 1 aromatic heterocycles. The molecule has 186 valence electrons. The molecule has 0 radical (unpaired) electrons. The van der Waals surface area contributed by atoms with Crippen molar-refractivity contribution in [2.45, 2.75) is 12.5 Å². The SMILES string of the molecule is O=C(c1ccccc1Br)N1N=C(c2c(-c3ccccc3)c3cc(Br)ccc3[nH]c2=O)C[C@H]1c1ccccc1. The first-order chi connectivity index (χ1) is 18.5. The second kappa shape index (κ2) is 10.2. The van der Waals surface area contributed by atoms with Crippen molar-refractivity contribution in [3.63, 3.8) is 0 Å². The van der Waals surface area contributed by atoms with Gasteiger partial charge in [-0.05, 0) is 57.4 Å². The lowest BCUT2D eigenvalue weighted by molar-refractivity contribution is 0.0710. The maximum atomic E-state index is 13.8. The van der Waals surface area contributed by atoms with E-state index in [-0.39, 0.29) is 17.5 Å². The molecule has 0 saturated heterocycles. The molecule has 1 N–H and O–H groups in total. The number of halogens is 2. The molecule has 0 aliphatic carbocycles. The summed E-state index contributed by atoms with van der Waals surface area (Å²) < 4.78 is 1.60. The van der Waals surface area contributed by atoms with E-state index in [4.69, 9.17) is 5.10 Å². The van der Waals surface area contributed by atoms with Crippen LogP contribution in [0.25, 0.3) is 22.0 Å². The van der Waals surface area contributed by atoms with E-state index in [9.17, 15) is 9.59 Å². The maximum Gasteiger partial charge on any atom is 0.275 e. The van der Waals surface area contributed by atoms with Gasteiger partial charge in [0.1, 0.15) is 0 Å². The zero-order valence-corrected chi connectivity index (χ0v) is 23.2. The number of benzene rings is 4. The van der Waals surface area contributed by atoms with E-state index < -0.39 is 0 Å². The molecule has 38 heavy (non-hydrogen) atoms. The summed E-state index contributed by atoms with van der Waals surface area (Å²) in [5.74, 6) is -0.234. The van der Waals surface area contributed by atoms with E-state index in [0.717, 1.165) is 32.1 Å². The highest BCUT2D eigenvalue weighted by atomic mass is 79.9. The molecule has 1 aliphatic heterocycles. The molecule has 0 unspecified atom stereocenters. The van der Waals surface area contributed by atoms with Gasteiger partial charge >= 0.3 is 0 Å². The van der Waals surface area contributed by atoms with E-state index >= 15 is 0 Å². The summed E-state index contributed by atoms with van der Waals surface area (Å²) in [6, 6.07) is 32.4. The third-order valence-electron chi connectivity index (χ3n) is 6.73. The third kappa shape index (κ3) is 4.42. The Morgan fingerprint density at radius 1 is 0.842 bits per heavy atom. The van der Waals surface area contributed by atoms with Crippen LogP contribution in [0.2, 0.25) is 0 Å². The predicted molar refractivity (Wildman–Crippen MR) is 158 cm³/mol. The standard InChI is InChI=1S/C31H21Br2N3O2/c32-21-15-16-25-23(17-21)28(20-11-5-2-6-12-20)29(30(37)34-25)26-18-27(19-9-3-1-4-10-19)36(35-26)31(38)22-13-7-8-14-24(22)33/h1-17,27H,18H2,(H,34,37)/t27-/m0/s1. The number of aromatic nitrogens is 1. The summed E-state index contributed by atoms with van der Waals surface area (Å²) in [6.45, 7) is 0. The first-order valence-corrected chi connectivity index (χ1v) is 13.7. The van der Waals surface area contributed by atoms with Crippen molar-refractivity contribution < 1.29 is 4.79 Å². The smallest absolute Gasteiger partial charge is 0.275 e. The summed E-state index contributed by atoms with van der Waals surface area (Å²) in [4.78, 5) is 30.5. The molecule has 4 aromatic carbocycles. The van der Waals surface area contributed by atoms with Gasteiger partial charge in [-0.1, -0.05) is 88.7 Å². The van der Waals surface area contributed by atoms with Gasteiger partial charge in [-0.15, -0.1) is 0 Å². The molecule has 0 saturated carbocycles. The lowest BCUT2D eigenvalue weighted by atomic mass is 9.91. The highest BCUT2D eigenvalue weighted by molar-refractivity contribution is 9.10.